The number of rotatable bonds is 6. The monoisotopic (exact) mass is 389 g/mol. The molecule has 1 unspecified atom stereocenters. The molecule has 0 saturated heterocycles. The van der Waals surface area contributed by atoms with Gasteiger partial charge in [-0.3, -0.25) is 0 Å². The molecule has 1 atom stereocenters. The minimum atomic E-state index is -3.90. The number of furan rings is 1. The molecule has 1 fully saturated rings. The first-order valence-corrected chi connectivity index (χ1v) is 9.69. The van der Waals surface area contributed by atoms with Crippen LogP contribution in [0.15, 0.2) is 39.8 Å². The predicted octanol–water partition coefficient (Wildman–Crippen LogP) is 3.47. The highest BCUT2D eigenvalue weighted by Crippen LogP contribution is 2.45. The third-order valence-electron chi connectivity index (χ3n) is 4.23. The van der Waals surface area contributed by atoms with Crippen molar-refractivity contribution in [2.75, 3.05) is 6.54 Å². The number of aliphatic hydroxyl groups is 1. The summed E-state index contributed by atoms with van der Waals surface area (Å²) in [6.45, 7) is 1.51. The zero-order valence-electron chi connectivity index (χ0n) is 12.9. The van der Waals surface area contributed by atoms with E-state index in [4.69, 9.17) is 27.6 Å². The molecule has 3 rings (SSSR count). The summed E-state index contributed by atoms with van der Waals surface area (Å²) in [6, 6.07) is 6.12. The second kappa shape index (κ2) is 6.35. The van der Waals surface area contributed by atoms with Gasteiger partial charge in [-0.2, -0.15) is 0 Å². The lowest BCUT2D eigenvalue weighted by Gasteiger charge is -2.26. The molecule has 2 aromatic rings. The maximum Gasteiger partial charge on any atom is 0.242 e. The fourth-order valence-electron chi connectivity index (χ4n) is 2.64. The lowest BCUT2D eigenvalue weighted by Crippen LogP contribution is -2.42. The van der Waals surface area contributed by atoms with Crippen LogP contribution in [0.5, 0.6) is 0 Å². The Hall–Kier alpha value is -1.05. The number of benzene rings is 1. The molecular weight excluding hydrogens is 373 g/mol. The van der Waals surface area contributed by atoms with E-state index in [1.807, 2.05) is 0 Å². The van der Waals surface area contributed by atoms with Gasteiger partial charge in [-0.1, -0.05) is 23.2 Å². The fourth-order valence-corrected chi connectivity index (χ4v) is 4.54. The smallest absolute Gasteiger partial charge is 0.242 e. The summed E-state index contributed by atoms with van der Waals surface area (Å²) in [6.07, 6.45) is 3.09. The second-order valence-corrected chi connectivity index (χ2v) is 8.58. The summed E-state index contributed by atoms with van der Waals surface area (Å²) in [7, 11) is -3.90. The molecule has 1 aromatic carbocycles. The van der Waals surface area contributed by atoms with Crippen LogP contribution in [0.3, 0.4) is 0 Å². The normalized spacial score (nSPS) is 17.7. The van der Waals surface area contributed by atoms with Gasteiger partial charge in [0.25, 0.3) is 0 Å². The van der Waals surface area contributed by atoms with Crippen LogP contribution in [-0.4, -0.2) is 20.1 Å². The Labute approximate surface area is 150 Å². The third-order valence-corrected chi connectivity index (χ3v) is 6.51. The molecule has 0 amide bonds. The van der Waals surface area contributed by atoms with Crippen LogP contribution >= 0.6 is 23.2 Å². The van der Waals surface area contributed by atoms with Gasteiger partial charge in [0.15, 0.2) is 0 Å². The van der Waals surface area contributed by atoms with Crippen molar-refractivity contribution in [1.82, 2.24) is 4.72 Å². The fraction of sp³-hybridized carbons (Fsp3) is 0.375. The van der Waals surface area contributed by atoms with Crippen LogP contribution in [0.2, 0.25) is 10.0 Å². The Morgan fingerprint density at radius 3 is 2.62 bits per heavy atom. The second-order valence-electron chi connectivity index (χ2n) is 6.03. The quantitative estimate of drug-likeness (QED) is 0.792. The Balaban J connectivity index is 1.86. The highest BCUT2D eigenvalue weighted by Gasteiger charge is 2.47. The van der Waals surface area contributed by atoms with Gasteiger partial charge in [0, 0.05) is 11.6 Å². The van der Waals surface area contributed by atoms with Crippen LogP contribution in [0.1, 0.15) is 24.2 Å². The van der Waals surface area contributed by atoms with E-state index in [1.54, 1.807) is 19.1 Å². The average Bonchev–Trinajstić information content (AvgIpc) is 3.23. The minimum absolute atomic E-state index is 0.0334. The number of hydrogen-bond donors (Lipinski definition) is 2. The molecule has 0 spiro atoms. The molecule has 1 aliphatic carbocycles. The molecule has 1 saturated carbocycles. The van der Waals surface area contributed by atoms with Crippen molar-refractivity contribution in [3.05, 3.63) is 51.9 Å². The van der Waals surface area contributed by atoms with Gasteiger partial charge in [-0.05, 0) is 55.5 Å². The van der Waals surface area contributed by atoms with Crippen molar-refractivity contribution in [3.8, 4) is 0 Å². The summed E-state index contributed by atoms with van der Waals surface area (Å²) in [5.74, 6) is 0.319. The number of halogens is 2. The zero-order valence-corrected chi connectivity index (χ0v) is 15.2. The molecule has 0 bridgehead atoms. The van der Waals surface area contributed by atoms with Gasteiger partial charge < -0.3 is 9.52 Å². The van der Waals surface area contributed by atoms with Gasteiger partial charge in [-0.25, -0.2) is 13.1 Å². The van der Waals surface area contributed by atoms with Gasteiger partial charge in [0.1, 0.15) is 16.3 Å². The maximum atomic E-state index is 12.6. The SMILES string of the molecule is Cc1cc(S(=O)(=O)NCC(O)(c2ccco2)C2CC2)c(Cl)cc1Cl. The predicted molar refractivity (Wildman–Crippen MR) is 91.7 cm³/mol. The topological polar surface area (TPSA) is 79.5 Å². The van der Waals surface area contributed by atoms with Crippen molar-refractivity contribution in [2.45, 2.75) is 30.3 Å². The van der Waals surface area contributed by atoms with Gasteiger partial charge in [-0.15, -0.1) is 0 Å². The minimum Gasteiger partial charge on any atom is -0.466 e. The molecule has 8 heteroatoms. The summed E-state index contributed by atoms with van der Waals surface area (Å²) in [5.41, 5.74) is -0.769. The van der Waals surface area contributed by atoms with Gasteiger partial charge >= 0.3 is 0 Å². The maximum absolute atomic E-state index is 12.6. The first-order valence-electron chi connectivity index (χ1n) is 7.46. The van der Waals surface area contributed by atoms with Crippen LogP contribution in [0.25, 0.3) is 0 Å². The Bertz CT molecular complexity index is 847. The van der Waals surface area contributed by atoms with Crippen molar-refractivity contribution in [3.63, 3.8) is 0 Å². The molecule has 0 radical (unpaired) electrons. The van der Waals surface area contributed by atoms with E-state index in [-0.39, 0.29) is 22.4 Å². The average molecular weight is 390 g/mol. The Morgan fingerprint density at radius 2 is 2.04 bits per heavy atom. The highest BCUT2D eigenvalue weighted by molar-refractivity contribution is 7.89. The van der Waals surface area contributed by atoms with Crippen LogP contribution in [-0.2, 0) is 15.6 Å². The molecule has 130 valence electrons. The third kappa shape index (κ3) is 3.34. The van der Waals surface area contributed by atoms with Crippen LogP contribution in [0, 0.1) is 12.8 Å². The van der Waals surface area contributed by atoms with Crippen molar-refractivity contribution >= 4 is 33.2 Å². The molecule has 1 aliphatic rings. The van der Waals surface area contributed by atoms with Crippen molar-refractivity contribution < 1.29 is 17.9 Å². The summed E-state index contributed by atoms with van der Waals surface area (Å²) in [4.78, 5) is -0.0661. The molecule has 0 aliphatic heterocycles. The molecule has 1 aromatic heterocycles. The highest BCUT2D eigenvalue weighted by atomic mass is 35.5. The molecule has 24 heavy (non-hydrogen) atoms. The summed E-state index contributed by atoms with van der Waals surface area (Å²) in [5, 5.41) is 11.3. The van der Waals surface area contributed by atoms with Gasteiger partial charge in [0.2, 0.25) is 10.0 Å². The van der Waals surface area contributed by atoms with E-state index in [1.165, 1.54) is 18.4 Å². The zero-order chi connectivity index (χ0) is 17.5. The van der Waals surface area contributed by atoms with E-state index in [9.17, 15) is 13.5 Å². The molecule has 2 N–H and O–H groups in total. The van der Waals surface area contributed by atoms with Crippen LogP contribution in [0.4, 0.5) is 0 Å². The standard InChI is InChI=1S/C16H17Cl2NO4S/c1-10-7-14(13(18)8-12(10)17)24(21,22)19-9-16(20,11-4-5-11)15-3-2-6-23-15/h2-3,6-8,11,19-20H,4-5,9H2,1H3. The lowest BCUT2D eigenvalue weighted by atomic mass is 9.95. The van der Waals surface area contributed by atoms with Crippen molar-refractivity contribution in [1.29, 1.82) is 0 Å². The number of aryl methyl sites for hydroxylation is 1. The Kier molecular flexibility index (Phi) is 4.70. The van der Waals surface area contributed by atoms with E-state index in [0.717, 1.165) is 12.8 Å². The summed E-state index contributed by atoms with van der Waals surface area (Å²) < 4.78 is 32.9. The number of sulfonamides is 1. The molecular formula is C16H17Cl2NO4S. The number of nitrogens with one attached hydrogen (secondary N) is 1. The summed E-state index contributed by atoms with van der Waals surface area (Å²) >= 11 is 12.0. The Morgan fingerprint density at radius 1 is 1.33 bits per heavy atom. The lowest BCUT2D eigenvalue weighted by molar-refractivity contribution is -0.00224. The van der Waals surface area contributed by atoms with E-state index >= 15 is 0 Å². The first-order chi connectivity index (χ1) is 11.2. The molecule has 5 nitrogen and oxygen atoms in total. The van der Waals surface area contributed by atoms with E-state index in [2.05, 4.69) is 4.72 Å². The number of hydrogen-bond acceptors (Lipinski definition) is 4. The van der Waals surface area contributed by atoms with E-state index < -0.39 is 15.6 Å². The van der Waals surface area contributed by atoms with Crippen molar-refractivity contribution in [2.24, 2.45) is 5.92 Å². The van der Waals surface area contributed by atoms with Crippen LogP contribution < -0.4 is 4.72 Å². The first kappa shape index (κ1) is 17.8. The van der Waals surface area contributed by atoms with E-state index in [0.29, 0.717) is 16.3 Å². The largest absolute Gasteiger partial charge is 0.466 e. The van der Waals surface area contributed by atoms with Gasteiger partial charge in [0.05, 0.1) is 11.3 Å². The molecule has 1 heterocycles.